The quantitative estimate of drug-likeness (QED) is 0.349. The van der Waals surface area contributed by atoms with E-state index in [0.717, 1.165) is 56.8 Å². The molecule has 1 fully saturated rings. The summed E-state index contributed by atoms with van der Waals surface area (Å²) in [5.74, 6) is 1.12. The highest BCUT2D eigenvalue weighted by Crippen LogP contribution is 2.40. The fraction of sp³-hybridized carbons (Fsp3) is 0.400. The summed E-state index contributed by atoms with van der Waals surface area (Å²) in [4.78, 5) is 30.2. The maximum Gasteiger partial charge on any atom is 0.278 e. The van der Waals surface area contributed by atoms with Crippen LogP contribution in [0, 0.1) is 6.92 Å². The number of benzene rings is 1. The fourth-order valence-electron chi connectivity index (χ4n) is 5.92. The van der Waals surface area contributed by atoms with Crippen LogP contribution >= 0.6 is 0 Å². The summed E-state index contributed by atoms with van der Waals surface area (Å²) < 4.78 is 3.45. The maximum atomic E-state index is 13.4. The minimum Gasteiger partial charge on any atom is -0.369 e. The molecule has 6 rings (SSSR count). The van der Waals surface area contributed by atoms with Crippen LogP contribution < -0.4 is 21.1 Å². The van der Waals surface area contributed by atoms with Gasteiger partial charge in [0.1, 0.15) is 5.39 Å². The number of aromatic nitrogens is 5. The molecule has 0 unspecified atom stereocenters. The van der Waals surface area contributed by atoms with E-state index in [1.807, 2.05) is 10.7 Å². The van der Waals surface area contributed by atoms with E-state index in [9.17, 15) is 4.79 Å². The van der Waals surface area contributed by atoms with Gasteiger partial charge < -0.3 is 15.5 Å². The predicted octanol–water partition coefficient (Wildman–Crippen LogP) is 4.24. The van der Waals surface area contributed by atoms with Crippen molar-refractivity contribution in [1.29, 1.82) is 0 Å². The zero-order valence-corrected chi connectivity index (χ0v) is 23.0. The summed E-state index contributed by atoms with van der Waals surface area (Å²) in [5.41, 5.74) is 6.15. The number of hydrogen-bond donors (Lipinski definition) is 2. The number of nitrogens with one attached hydrogen (secondary N) is 2. The molecule has 1 saturated heterocycles. The van der Waals surface area contributed by atoms with Crippen LogP contribution in [-0.4, -0.2) is 50.5 Å². The van der Waals surface area contributed by atoms with E-state index in [-0.39, 0.29) is 11.0 Å². The number of pyridine rings is 1. The van der Waals surface area contributed by atoms with Gasteiger partial charge in [0.15, 0.2) is 11.5 Å². The van der Waals surface area contributed by atoms with Gasteiger partial charge in [0.2, 0.25) is 5.95 Å². The second kappa shape index (κ2) is 9.96. The van der Waals surface area contributed by atoms with Crippen LogP contribution in [0.5, 0.6) is 0 Å². The third-order valence-corrected chi connectivity index (χ3v) is 8.37. The molecule has 0 bridgehead atoms. The molecule has 0 saturated carbocycles. The van der Waals surface area contributed by atoms with Crippen LogP contribution in [0.1, 0.15) is 43.5 Å². The van der Waals surface area contributed by atoms with E-state index < -0.39 is 0 Å². The lowest BCUT2D eigenvalue weighted by atomic mass is 9.85. The van der Waals surface area contributed by atoms with Crippen molar-refractivity contribution in [3.8, 4) is 5.82 Å². The smallest absolute Gasteiger partial charge is 0.278 e. The Hall–Kier alpha value is -3.98. The summed E-state index contributed by atoms with van der Waals surface area (Å²) >= 11 is 0. The maximum absolute atomic E-state index is 13.4. The largest absolute Gasteiger partial charge is 0.369 e. The second-order valence-electron chi connectivity index (χ2n) is 10.9. The molecule has 2 N–H and O–H groups in total. The highest BCUT2D eigenvalue weighted by atomic mass is 16.1. The molecular formula is C30H36N8O. The first kappa shape index (κ1) is 25.3. The first-order chi connectivity index (χ1) is 18.9. The Morgan fingerprint density at radius 1 is 1.18 bits per heavy atom. The number of piperazine rings is 1. The van der Waals surface area contributed by atoms with E-state index in [1.54, 1.807) is 17.0 Å². The van der Waals surface area contributed by atoms with Gasteiger partial charge in [0.05, 0.1) is 12.2 Å². The van der Waals surface area contributed by atoms with Gasteiger partial charge in [-0.1, -0.05) is 26.0 Å². The summed E-state index contributed by atoms with van der Waals surface area (Å²) in [6.07, 6.45) is 6.46. The predicted molar refractivity (Wildman–Crippen MR) is 157 cm³/mol. The molecular weight excluding hydrogens is 488 g/mol. The number of rotatable bonds is 7. The molecule has 9 heteroatoms. The number of aryl methyl sites for hydroxylation is 2. The van der Waals surface area contributed by atoms with Gasteiger partial charge in [-0.2, -0.15) is 4.98 Å². The Kier molecular flexibility index (Phi) is 6.46. The lowest BCUT2D eigenvalue weighted by molar-refractivity contribution is 0.441. The first-order valence-corrected chi connectivity index (χ1v) is 13.9. The van der Waals surface area contributed by atoms with Gasteiger partial charge in [0.25, 0.3) is 5.56 Å². The lowest BCUT2D eigenvalue weighted by Crippen LogP contribution is -2.43. The molecule has 202 valence electrons. The Morgan fingerprint density at radius 2 is 2.00 bits per heavy atom. The number of allylic oxidation sites excluding steroid dienone is 1. The van der Waals surface area contributed by atoms with Crippen LogP contribution in [0.25, 0.3) is 16.9 Å². The van der Waals surface area contributed by atoms with Crippen LogP contribution in [0.15, 0.2) is 54.0 Å². The minimum absolute atomic E-state index is 0.0360. The molecule has 1 aliphatic carbocycles. The van der Waals surface area contributed by atoms with Gasteiger partial charge in [0, 0.05) is 49.2 Å². The SMILES string of the molecule is C=CCn1c(=O)c2cnc(Nc3ccc(N4CCNCC4)c(C)c3)nc2n1-c1ccc2c(n1)[C@@](C)(CC)CC2. The highest BCUT2D eigenvalue weighted by molar-refractivity contribution is 5.77. The molecule has 1 atom stereocenters. The molecule has 2 aliphatic rings. The topological polar surface area (TPSA) is 92.9 Å². The summed E-state index contributed by atoms with van der Waals surface area (Å²) in [7, 11) is 0. The second-order valence-corrected chi connectivity index (χ2v) is 10.9. The van der Waals surface area contributed by atoms with Crippen molar-refractivity contribution in [2.75, 3.05) is 36.4 Å². The third kappa shape index (κ3) is 4.40. The monoisotopic (exact) mass is 524 g/mol. The van der Waals surface area contributed by atoms with Crippen molar-refractivity contribution >= 4 is 28.4 Å². The van der Waals surface area contributed by atoms with E-state index in [4.69, 9.17) is 9.97 Å². The number of fused-ring (bicyclic) bond motifs is 2. The number of hydrogen-bond acceptors (Lipinski definition) is 7. The normalized spacial score (nSPS) is 18.9. The summed E-state index contributed by atoms with van der Waals surface area (Å²) in [6, 6.07) is 10.5. The molecule has 4 aromatic rings. The molecule has 3 aromatic heterocycles. The van der Waals surface area contributed by atoms with Gasteiger partial charge >= 0.3 is 0 Å². The highest BCUT2D eigenvalue weighted by Gasteiger charge is 2.35. The average Bonchev–Trinajstić information content (AvgIpc) is 3.43. The van der Waals surface area contributed by atoms with Gasteiger partial charge in [-0.3, -0.25) is 4.79 Å². The number of anilines is 3. The van der Waals surface area contributed by atoms with Crippen LogP contribution in [0.2, 0.25) is 0 Å². The van der Waals surface area contributed by atoms with Crippen molar-refractivity contribution in [3.63, 3.8) is 0 Å². The van der Waals surface area contributed by atoms with Crippen molar-refractivity contribution in [2.24, 2.45) is 0 Å². The van der Waals surface area contributed by atoms with E-state index in [0.29, 0.717) is 29.3 Å². The van der Waals surface area contributed by atoms with Crippen molar-refractivity contribution in [1.82, 2.24) is 29.6 Å². The van der Waals surface area contributed by atoms with Gasteiger partial charge in [-0.05, 0) is 61.6 Å². The van der Waals surface area contributed by atoms with Crippen LogP contribution in [0.3, 0.4) is 0 Å². The Bertz CT molecular complexity index is 1610. The standard InChI is InChI=1S/C30H36N8O/c1-5-15-37-28(39)23-19-32-29(33-22-8-9-24(20(3)18-22)36-16-13-31-14-17-36)35-27(23)38(37)25-10-7-21-11-12-30(4,6-2)26(21)34-25/h5,7-10,18-19,31H,1,6,11-17H2,2-4H3,(H,32,33,35)/t30-/m0/s1. The Labute approximate surface area is 228 Å². The molecule has 4 heterocycles. The zero-order chi connectivity index (χ0) is 27.1. The molecule has 9 nitrogen and oxygen atoms in total. The molecule has 1 aliphatic heterocycles. The molecule has 0 spiro atoms. The van der Waals surface area contributed by atoms with Gasteiger partial charge in [-0.15, -0.1) is 6.58 Å². The first-order valence-electron chi connectivity index (χ1n) is 13.9. The third-order valence-electron chi connectivity index (χ3n) is 8.37. The van der Waals surface area contributed by atoms with Gasteiger partial charge in [-0.25, -0.2) is 19.3 Å². The zero-order valence-electron chi connectivity index (χ0n) is 23.0. The van der Waals surface area contributed by atoms with Crippen molar-refractivity contribution < 1.29 is 0 Å². The van der Waals surface area contributed by atoms with Crippen LogP contribution in [-0.2, 0) is 18.4 Å². The fourth-order valence-corrected chi connectivity index (χ4v) is 5.92. The Morgan fingerprint density at radius 3 is 2.74 bits per heavy atom. The summed E-state index contributed by atoms with van der Waals surface area (Å²) in [5, 5.41) is 7.21. The van der Waals surface area contributed by atoms with Crippen molar-refractivity contribution in [2.45, 2.75) is 52.0 Å². The molecule has 0 radical (unpaired) electrons. The minimum atomic E-state index is -0.159. The number of nitrogens with zero attached hydrogens (tertiary/aromatic N) is 6. The van der Waals surface area contributed by atoms with E-state index in [1.165, 1.54) is 16.8 Å². The molecule has 39 heavy (non-hydrogen) atoms. The van der Waals surface area contributed by atoms with Crippen molar-refractivity contribution in [3.05, 3.63) is 76.4 Å². The lowest BCUT2D eigenvalue weighted by Gasteiger charge is -2.30. The Balaban J connectivity index is 1.40. The van der Waals surface area contributed by atoms with Crippen LogP contribution in [0.4, 0.5) is 17.3 Å². The van der Waals surface area contributed by atoms with E-state index in [2.05, 4.69) is 72.1 Å². The molecule has 1 aromatic carbocycles. The van der Waals surface area contributed by atoms with E-state index >= 15 is 0 Å². The summed E-state index contributed by atoms with van der Waals surface area (Å²) in [6.45, 7) is 14.8. The molecule has 0 amide bonds. The average molecular weight is 525 g/mol.